The highest BCUT2D eigenvalue weighted by atomic mass is 19.1. The molecule has 0 spiro atoms. The van der Waals surface area contributed by atoms with Crippen molar-refractivity contribution in [2.24, 2.45) is 0 Å². The van der Waals surface area contributed by atoms with Crippen molar-refractivity contribution in [3.05, 3.63) is 77.4 Å². The van der Waals surface area contributed by atoms with Crippen LogP contribution in [0.2, 0.25) is 0 Å². The van der Waals surface area contributed by atoms with Gasteiger partial charge in [-0.2, -0.15) is 9.78 Å². The third kappa shape index (κ3) is 5.43. The number of rotatable bonds is 7. The van der Waals surface area contributed by atoms with Crippen LogP contribution in [0.15, 0.2) is 55.0 Å². The summed E-state index contributed by atoms with van der Waals surface area (Å²) in [5.74, 6) is 1.87. The van der Waals surface area contributed by atoms with E-state index in [9.17, 15) is 9.18 Å². The third-order valence-corrected chi connectivity index (χ3v) is 5.41. The van der Waals surface area contributed by atoms with Crippen LogP contribution in [0, 0.1) is 13.8 Å². The average molecular weight is 475 g/mol. The van der Waals surface area contributed by atoms with Gasteiger partial charge in [-0.05, 0) is 63.1 Å². The molecule has 10 heteroatoms. The Morgan fingerprint density at radius 2 is 1.80 bits per heavy atom. The average Bonchev–Trinajstić information content (AvgIpc) is 3.20. The molecule has 3 N–H and O–H groups in total. The van der Waals surface area contributed by atoms with Crippen molar-refractivity contribution < 1.29 is 9.18 Å². The standard InChI is InChI=1S/C25H27FN8O/c1-15-6-7-17(24(35)32-21-12-18(8-9-28-21)25(3,4)26)11-19(15)31-23-10-16(2)33-34(23)22-13-20(27-5)29-14-30-22/h6-14,31H,1-5H3,(H,27,29,30)(H,28,32,35). The molecule has 4 aromatic rings. The van der Waals surface area contributed by atoms with E-state index in [4.69, 9.17) is 0 Å². The minimum atomic E-state index is -1.54. The Labute approximate surface area is 202 Å². The van der Waals surface area contributed by atoms with Crippen LogP contribution in [0.4, 0.5) is 27.5 Å². The molecule has 3 aromatic heterocycles. The molecule has 35 heavy (non-hydrogen) atoms. The Kier molecular flexibility index (Phi) is 6.46. The summed E-state index contributed by atoms with van der Waals surface area (Å²) in [6.45, 7) is 6.74. The monoisotopic (exact) mass is 474 g/mol. The molecule has 0 saturated carbocycles. The summed E-state index contributed by atoms with van der Waals surface area (Å²) in [5.41, 5.74) is 1.78. The van der Waals surface area contributed by atoms with Gasteiger partial charge in [-0.25, -0.2) is 19.3 Å². The van der Waals surface area contributed by atoms with Crippen LogP contribution < -0.4 is 16.0 Å². The molecule has 9 nitrogen and oxygen atoms in total. The van der Waals surface area contributed by atoms with Crippen LogP contribution in [-0.4, -0.2) is 37.7 Å². The third-order valence-electron chi connectivity index (χ3n) is 5.41. The summed E-state index contributed by atoms with van der Waals surface area (Å²) in [6.07, 6.45) is 2.94. The molecule has 4 rings (SSSR count). The summed E-state index contributed by atoms with van der Waals surface area (Å²) in [6, 6.07) is 12.1. The van der Waals surface area contributed by atoms with Gasteiger partial charge in [0.05, 0.1) is 5.69 Å². The number of halogens is 1. The molecule has 0 atom stereocenters. The molecule has 180 valence electrons. The molecule has 0 fully saturated rings. The van der Waals surface area contributed by atoms with E-state index in [0.29, 0.717) is 28.6 Å². The van der Waals surface area contributed by atoms with Crippen LogP contribution in [0.5, 0.6) is 0 Å². The summed E-state index contributed by atoms with van der Waals surface area (Å²) in [5, 5.41) is 13.6. The van der Waals surface area contributed by atoms with Crippen LogP contribution in [0.1, 0.15) is 41.0 Å². The molecule has 0 aliphatic rings. The van der Waals surface area contributed by atoms with Gasteiger partial charge < -0.3 is 16.0 Å². The van der Waals surface area contributed by atoms with Gasteiger partial charge in [0.1, 0.15) is 29.4 Å². The highest BCUT2D eigenvalue weighted by Gasteiger charge is 2.20. The number of carbonyl (C=O) groups excluding carboxylic acids is 1. The summed E-state index contributed by atoms with van der Waals surface area (Å²) < 4.78 is 16.0. The first-order valence-corrected chi connectivity index (χ1v) is 11.1. The molecule has 0 aliphatic heterocycles. The van der Waals surface area contributed by atoms with Gasteiger partial charge in [0.25, 0.3) is 5.91 Å². The summed E-state index contributed by atoms with van der Waals surface area (Å²) in [4.78, 5) is 25.6. The van der Waals surface area contributed by atoms with Crippen molar-refractivity contribution in [1.82, 2.24) is 24.7 Å². The van der Waals surface area contributed by atoms with E-state index >= 15 is 0 Å². The molecule has 0 saturated heterocycles. The first-order valence-electron chi connectivity index (χ1n) is 11.1. The molecule has 3 heterocycles. The number of aryl methyl sites for hydroxylation is 2. The molecule has 1 amide bonds. The summed E-state index contributed by atoms with van der Waals surface area (Å²) >= 11 is 0. The number of hydrogen-bond donors (Lipinski definition) is 3. The number of pyridine rings is 1. The van der Waals surface area contributed by atoms with Crippen molar-refractivity contribution in [2.45, 2.75) is 33.4 Å². The van der Waals surface area contributed by atoms with Crippen molar-refractivity contribution in [3.63, 3.8) is 0 Å². The van der Waals surface area contributed by atoms with Crippen LogP contribution in [0.25, 0.3) is 5.82 Å². The number of hydrogen-bond acceptors (Lipinski definition) is 7. The van der Waals surface area contributed by atoms with Gasteiger partial charge in [-0.15, -0.1) is 0 Å². The smallest absolute Gasteiger partial charge is 0.256 e. The maximum atomic E-state index is 14.3. The van der Waals surface area contributed by atoms with Gasteiger partial charge in [-0.1, -0.05) is 6.07 Å². The lowest BCUT2D eigenvalue weighted by molar-refractivity contribution is 0.102. The zero-order valence-corrected chi connectivity index (χ0v) is 20.2. The Balaban J connectivity index is 1.60. The van der Waals surface area contributed by atoms with Crippen molar-refractivity contribution in [3.8, 4) is 5.82 Å². The molecule has 0 unspecified atom stereocenters. The van der Waals surface area contributed by atoms with E-state index in [1.54, 1.807) is 36.0 Å². The largest absolute Gasteiger partial charge is 0.373 e. The first-order chi connectivity index (χ1) is 16.6. The highest BCUT2D eigenvalue weighted by molar-refractivity contribution is 6.04. The maximum Gasteiger partial charge on any atom is 0.256 e. The number of anilines is 4. The predicted octanol–water partition coefficient (Wildman–Crippen LogP) is 4.92. The topological polar surface area (TPSA) is 110 Å². The minimum absolute atomic E-state index is 0.283. The summed E-state index contributed by atoms with van der Waals surface area (Å²) in [7, 11) is 1.78. The van der Waals surface area contributed by atoms with Crippen LogP contribution in [0.3, 0.4) is 0 Å². The quantitative estimate of drug-likeness (QED) is 0.349. The number of nitrogens with zero attached hydrogens (tertiary/aromatic N) is 5. The lowest BCUT2D eigenvalue weighted by Gasteiger charge is -2.16. The molecule has 0 radical (unpaired) electrons. The minimum Gasteiger partial charge on any atom is -0.373 e. The Morgan fingerprint density at radius 3 is 2.54 bits per heavy atom. The first kappa shape index (κ1) is 23.8. The number of alkyl halides is 1. The van der Waals surface area contributed by atoms with Crippen molar-refractivity contribution in [2.75, 3.05) is 23.0 Å². The number of amides is 1. The molecule has 0 bridgehead atoms. The SMILES string of the molecule is CNc1cc(-n2nc(C)cc2Nc2cc(C(=O)Nc3cc(C(C)(C)F)ccn3)ccc2C)ncn1. The van der Waals surface area contributed by atoms with Gasteiger partial charge in [0, 0.05) is 36.6 Å². The fourth-order valence-corrected chi connectivity index (χ4v) is 3.46. The van der Waals surface area contributed by atoms with Gasteiger partial charge >= 0.3 is 0 Å². The molecular weight excluding hydrogens is 447 g/mol. The van der Waals surface area contributed by atoms with Crippen molar-refractivity contribution in [1.29, 1.82) is 0 Å². The van der Waals surface area contributed by atoms with E-state index < -0.39 is 5.67 Å². The lowest BCUT2D eigenvalue weighted by atomic mass is 10.0. The molecule has 0 aliphatic carbocycles. The van der Waals surface area contributed by atoms with Crippen LogP contribution in [-0.2, 0) is 5.67 Å². The number of nitrogens with one attached hydrogen (secondary N) is 3. The van der Waals surface area contributed by atoms with Gasteiger partial charge in [-0.3, -0.25) is 4.79 Å². The second-order valence-corrected chi connectivity index (χ2v) is 8.61. The second-order valence-electron chi connectivity index (χ2n) is 8.61. The lowest BCUT2D eigenvalue weighted by Crippen LogP contribution is -2.15. The number of aromatic nitrogens is 5. The Morgan fingerprint density at radius 1 is 1.00 bits per heavy atom. The number of benzene rings is 1. The van der Waals surface area contributed by atoms with Crippen LogP contribution >= 0.6 is 0 Å². The molecule has 1 aromatic carbocycles. The van der Waals surface area contributed by atoms with E-state index in [0.717, 1.165) is 16.9 Å². The number of carbonyl (C=O) groups is 1. The fourth-order valence-electron chi connectivity index (χ4n) is 3.46. The van der Waals surface area contributed by atoms with E-state index in [-0.39, 0.29) is 11.7 Å². The van der Waals surface area contributed by atoms with Gasteiger partial charge in [0.15, 0.2) is 5.82 Å². The zero-order valence-electron chi connectivity index (χ0n) is 20.2. The Hall–Kier alpha value is -4.34. The Bertz CT molecular complexity index is 1380. The van der Waals surface area contributed by atoms with E-state index in [2.05, 4.69) is 36.0 Å². The maximum absolute atomic E-state index is 14.3. The predicted molar refractivity (Wildman–Crippen MR) is 134 cm³/mol. The van der Waals surface area contributed by atoms with Gasteiger partial charge in [0.2, 0.25) is 0 Å². The van der Waals surface area contributed by atoms with E-state index in [1.165, 1.54) is 32.4 Å². The zero-order chi connectivity index (χ0) is 25.2. The second kappa shape index (κ2) is 9.49. The van der Waals surface area contributed by atoms with Crippen molar-refractivity contribution >= 4 is 29.0 Å². The normalized spacial score (nSPS) is 11.3. The van der Waals surface area contributed by atoms with E-state index in [1.807, 2.05) is 26.0 Å². The fraction of sp³-hybridized carbons (Fsp3) is 0.240. The highest BCUT2D eigenvalue weighted by Crippen LogP contribution is 2.27. The molecular formula is C25H27FN8O.